The number of rotatable bonds is 8. The number of hydrogen-bond donors (Lipinski definition) is 3. The van der Waals surface area contributed by atoms with Gasteiger partial charge in [0.15, 0.2) is 11.6 Å². The van der Waals surface area contributed by atoms with Crippen molar-refractivity contribution in [2.24, 2.45) is 12.8 Å². The van der Waals surface area contributed by atoms with Gasteiger partial charge in [-0.15, -0.1) is 0 Å². The van der Waals surface area contributed by atoms with Gasteiger partial charge in [0, 0.05) is 35.2 Å². The second-order valence-corrected chi connectivity index (χ2v) is 8.12. The zero-order chi connectivity index (χ0) is 22.7. The molecule has 3 rings (SSSR count). The Labute approximate surface area is 183 Å². The Bertz CT molecular complexity index is 1260. The Morgan fingerprint density at radius 3 is 2.81 bits per heavy atom. The molecule has 9 nitrogen and oxygen atoms in total. The van der Waals surface area contributed by atoms with Crippen LogP contribution in [0.15, 0.2) is 51.8 Å². The number of fused-ring (bicyclic) bond motifs is 1. The maximum atomic E-state index is 13.2. The first-order valence-corrected chi connectivity index (χ1v) is 10.2. The van der Waals surface area contributed by atoms with Gasteiger partial charge in [0.05, 0.1) is 25.5 Å². The molecule has 0 aliphatic heterocycles. The van der Waals surface area contributed by atoms with Gasteiger partial charge >= 0.3 is 0 Å². The second-order valence-electron chi connectivity index (χ2n) is 6.94. The predicted molar refractivity (Wildman–Crippen MR) is 125 cm³/mol. The first-order chi connectivity index (χ1) is 14.8. The van der Waals surface area contributed by atoms with Gasteiger partial charge < -0.3 is 26.2 Å². The first-order valence-electron chi connectivity index (χ1n) is 9.42. The van der Waals surface area contributed by atoms with Crippen LogP contribution in [0.5, 0.6) is 5.75 Å². The number of methoxy groups -OCH3 is 1. The summed E-state index contributed by atoms with van der Waals surface area (Å²) in [6, 6.07) is 3.46. The summed E-state index contributed by atoms with van der Waals surface area (Å²) in [4.78, 5) is 19.1. The van der Waals surface area contributed by atoms with E-state index in [1.807, 2.05) is 18.5 Å². The van der Waals surface area contributed by atoms with E-state index in [0.29, 0.717) is 29.1 Å². The quantitative estimate of drug-likeness (QED) is 0.362. The Kier molecular flexibility index (Phi) is 6.50. The lowest BCUT2D eigenvalue weighted by atomic mass is 10.2. The number of aryl methyl sites for hydroxylation is 1. The van der Waals surface area contributed by atoms with Crippen LogP contribution in [-0.4, -0.2) is 32.2 Å². The SMILES string of the molecule is C=C(CC(=N)/C=C\N)Sc1c(C)n(C)c2c(=O)n(Cc3ccc(OC)c(N)n3)ncc12. The van der Waals surface area contributed by atoms with Crippen molar-refractivity contribution in [3.8, 4) is 5.75 Å². The maximum absolute atomic E-state index is 13.2. The van der Waals surface area contributed by atoms with Crippen LogP contribution in [-0.2, 0) is 13.6 Å². The summed E-state index contributed by atoms with van der Waals surface area (Å²) in [7, 11) is 3.37. The third kappa shape index (κ3) is 4.48. The van der Waals surface area contributed by atoms with E-state index in [2.05, 4.69) is 16.7 Å². The molecule has 0 saturated carbocycles. The van der Waals surface area contributed by atoms with Crippen molar-refractivity contribution in [2.75, 3.05) is 12.8 Å². The van der Waals surface area contributed by atoms with Gasteiger partial charge in [0.25, 0.3) is 5.56 Å². The molecule has 31 heavy (non-hydrogen) atoms. The van der Waals surface area contributed by atoms with E-state index in [1.54, 1.807) is 18.3 Å². The van der Waals surface area contributed by atoms with Gasteiger partial charge in [-0.3, -0.25) is 4.79 Å². The summed E-state index contributed by atoms with van der Waals surface area (Å²) in [6.07, 6.45) is 4.92. The molecule has 3 aromatic heterocycles. The summed E-state index contributed by atoms with van der Waals surface area (Å²) in [6.45, 7) is 6.18. The smallest absolute Gasteiger partial charge is 0.291 e. The molecule has 3 aromatic rings. The molecule has 0 aliphatic carbocycles. The number of thioether (sulfide) groups is 1. The number of hydrogen-bond acceptors (Lipinski definition) is 8. The number of pyridine rings is 1. The molecule has 5 N–H and O–H groups in total. The molecule has 162 valence electrons. The Balaban J connectivity index is 1.95. The highest BCUT2D eigenvalue weighted by atomic mass is 32.2. The summed E-state index contributed by atoms with van der Waals surface area (Å²) in [5.41, 5.74) is 13.4. The van der Waals surface area contributed by atoms with E-state index in [0.717, 1.165) is 20.9 Å². The number of ether oxygens (including phenoxy) is 1. The number of allylic oxidation sites excluding steroid dienone is 2. The molecule has 0 amide bonds. The third-order valence-corrected chi connectivity index (χ3v) is 5.99. The Hall–Kier alpha value is -3.53. The number of nitrogens with two attached hydrogens (primary N) is 2. The van der Waals surface area contributed by atoms with Gasteiger partial charge in [0.2, 0.25) is 0 Å². The van der Waals surface area contributed by atoms with E-state index >= 15 is 0 Å². The minimum Gasteiger partial charge on any atom is -0.493 e. The molecule has 0 atom stereocenters. The molecular formula is C21H25N7O2S. The number of nitrogen functional groups attached to an aromatic ring is 1. The fourth-order valence-corrected chi connectivity index (χ4v) is 4.27. The zero-order valence-corrected chi connectivity index (χ0v) is 18.5. The largest absolute Gasteiger partial charge is 0.493 e. The molecule has 0 saturated heterocycles. The van der Waals surface area contributed by atoms with E-state index in [-0.39, 0.29) is 17.9 Å². The molecule has 0 spiro atoms. The molecule has 0 unspecified atom stereocenters. The van der Waals surface area contributed by atoms with Crippen LogP contribution in [0.2, 0.25) is 0 Å². The van der Waals surface area contributed by atoms with E-state index in [1.165, 1.54) is 35.8 Å². The number of anilines is 1. The van der Waals surface area contributed by atoms with Crippen molar-refractivity contribution < 1.29 is 4.74 Å². The van der Waals surface area contributed by atoms with Crippen LogP contribution in [0.1, 0.15) is 17.8 Å². The van der Waals surface area contributed by atoms with E-state index in [9.17, 15) is 4.79 Å². The molecule has 0 bridgehead atoms. The van der Waals surface area contributed by atoms with Crippen molar-refractivity contribution in [2.45, 2.75) is 24.8 Å². The highest BCUT2D eigenvalue weighted by Gasteiger charge is 2.19. The summed E-state index contributed by atoms with van der Waals surface area (Å²) >= 11 is 1.44. The van der Waals surface area contributed by atoms with Crippen LogP contribution in [0, 0.1) is 12.3 Å². The summed E-state index contributed by atoms with van der Waals surface area (Å²) in [5, 5.41) is 13.0. The minimum atomic E-state index is -0.226. The maximum Gasteiger partial charge on any atom is 0.291 e. The molecule has 0 radical (unpaired) electrons. The normalized spacial score (nSPS) is 11.3. The van der Waals surface area contributed by atoms with Crippen molar-refractivity contribution in [3.63, 3.8) is 0 Å². The number of nitrogens with one attached hydrogen (secondary N) is 1. The van der Waals surface area contributed by atoms with Gasteiger partial charge in [0.1, 0.15) is 5.52 Å². The van der Waals surface area contributed by atoms with Crippen LogP contribution in [0.25, 0.3) is 10.9 Å². The fraction of sp³-hybridized carbons (Fsp3) is 0.238. The highest BCUT2D eigenvalue weighted by Crippen LogP contribution is 2.36. The fourth-order valence-electron chi connectivity index (χ4n) is 3.21. The lowest BCUT2D eigenvalue weighted by Crippen LogP contribution is -2.25. The average Bonchev–Trinajstić information content (AvgIpc) is 2.95. The molecule has 0 aromatic carbocycles. The number of nitrogens with zero attached hydrogens (tertiary/aromatic N) is 4. The van der Waals surface area contributed by atoms with Crippen molar-refractivity contribution in [1.29, 1.82) is 5.41 Å². The van der Waals surface area contributed by atoms with Crippen molar-refractivity contribution >= 4 is 34.2 Å². The minimum absolute atomic E-state index is 0.185. The molecular weight excluding hydrogens is 414 g/mol. The topological polar surface area (TPSA) is 138 Å². The van der Waals surface area contributed by atoms with E-state index < -0.39 is 0 Å². The molecule has 0 aliphatic rings. The highest BCUT2D eigenvalue weighted by molar-refractivity contribution is 8.03. The lowest BCUT2D eigenvalue weighted by molar-refractivity contribution is 0.415. The van der Waals surface area contributed by atoms with Gasteiger partial charge in [-0.2, -0.15) is 5.10 Å². The van der Waals surface area contributed by atoms with Crippen LogP contribution in [0.3, 0.4) is 0 Å². The zero-order valence-electron chi connectivity index (χ0n) is 17.7. The molecule has 0 fully saturated rings. The van der Waals surface area contributed by atoms with E-state index in [4.69, 9.17) is 21.6 Å². The predicted octanol–water partition coefficient (Wildman–Crippen LogP) is 2.57. The lowest BCUT2D eigenvalue weighted by Gasteiger charge is -2.08. The van der Waals surface area contributed by atoms with Crippen molar-refractivity contribution in [3.05, 3.63) is 63.8 Å². The monoisotopic (exact) mass is 439 g/mol. The molecule has 3 heterocycles. The Morgan fingerprint density at radius 1 is 1.42 bits per heavy atom. The van der Waals surface area contributed by atoms with Crippen LogP contribution in [0.4, 0.5) is 5.82 Å². The van der Waals surface area contributed by atoms with Crippen LogP contribution >= 0.6 is 11.8 Å². The van der Waals surface area contributed by atoms with Gasteiger partial charge in [-0.05, 0) is 36.2 Å². The second kappa shape index (κ2) is 9.09. The molecule has 10 heteroatoms. The van der Waals surface area contributed by atoms with Crippen molar-refractivity contribution in [1.82, 2.24) is 19.3 Å². The number of aromatic nitrogens is 4. The average molecular weight is 440 g/mol. The summed E-state index contributed by atoms with van der Waals surface area (Å²) in [5.74, 6) is 0.741. The third-order valence-electron chi connectivity index (χ3n) is 4.84. The van der Waals surface area contributed by atoms with Gasteiger partial charge in [-0.25, -0.2) is 9.67 Å². The van der Waals surface area contributed by atoms with Gasteiger partial charge in [-0.1, -0.05) is 18.3 Å². The standard InChI is InChI=1S/C21H25N7O2S/c1-12(9-14(23)7-8-22)31-19-13(2)27(3)18-16(19)10-25-28(21(18)29)11-15-5-6-17(30-4)20(24)26-15/h5-8,10,23H,1,9,11,22H2,2-4H3,(H2,24,26)/b8-7-,23-14?. The Morgan fingerprint density at radius 2 is 2.16 bits per heavy atom. The van der Waals surface area contributed by atoms with Crippen LogP contribution < -0.4 is 21.8 Å². The first kappa shape index (κ1) is 22.2. The summed E-state index contributed by atoms with van der Waals surface area (Å²) < 4.78 is 8.34.